The molecule has 1 aliphatic heterocycles. The number of allylic oxidation sites excluding steroid dienone is 4. The zero-order valence-electron chi connectivity index (χ0n) is 35.8. The van der Waals surface area contributed by atoms with Crippen molar-refractivity contribution in [1.29, 1.82) is 0 Å². The van der Waals surface area contributed by atoms with Crippen LogP contribution in [0.1, 0.15) is 200 Å². The fourth-order valence-electron chi connectivity index (χ4n) is 6.87. The van der Waals surface area contributed by atoms with Crippen LogP contribution in [-0.4, -0.2) is 88.4 Å². The third-order valence-corrected chi connectivity index (χ3v) is 10.5. The molecule has 1 aliphatic rings. The first-order chi connectivity index (χ1) is 27.7. The monoisotopic (exact) mass is 811 g/mol. The summed E-state index contributed by atoms with van der Waals surface area (Å²) in [7, 11) is 0. The summed E-state index contributed by atoms with van der Waals surface area (Å²) >= 11 is 0. The maximum absolute atomic E-state index is 12.8. The van der Waals surface area contributed by atoms with Crippen molar-refractivity contribution in [2.24, 2.45) is 0 Å². The molecule has 0 aliphatic carbocycles. The fraction of sp³-hybridized carbons (Fsp3) is 0.848. The van der Waals surface area contributed by atoms with Crippen LogP contribution in [0.2, 0.25) is 0 Å². The van der Waals surface area contributed by atoms with E-state index in [1.54, 1.807) is 0 Å². The number of carboxylic acid groups (broad SMARTS) is 1. The number of rotatable bonds is 38. The lowest BCUT2D eigenvalue weighted by atomic mass is 9.99. The molecule has 11 heteroatoms. The number of hydrogen-bond donors (Lipinski definition) is 4. The molecule has 0 aromatic rings. The van der Waals surface area contributed by atoms with Crippen molar-refractivity contribution in [1.82, 2.24) is 0 Å². The van der Waals surface area contributed by atoms with E-state index in [0.29, 0.717) is 12.8 Å². The lowest BCUT2D eigenvalue weighted by Gasteiger charge is -2.38. The molecule has 6 atom stereocenters. The van der Waals surface area contributed by atoms with Gasteiger partial charge in [0.05, 0.1) is 6.61 Å². The molecule has 0 spiro atoms. The third kappa shape index (κ3) is 28.7. The Morgan fingerprint density at radius 1 is 0.526 bits per heavy atom. The summed E-state index contributed by atoms with van der Waals surface area (Å²) in [4.78, 5) is 36.8. The average molecular weight is 811 g/mol. The number of carbonyl (C=O) groups is 3. The minimum absolute atomic E-state index is 0.173. The molecule has 1 saturated heterocycles. The second-order valence-corrected chi connectivity index (χ2v) is 15.9. The van der Waals surface area contributed by atoms with Gasteiger partial charge in [0, 0.05) is 12.8 Å². The highest BCUT2D eigenvalue weighted by Crippen LogP contribution is 2.23. The molecule has 1 heterocycles. The Morgan fingerprint density at radius 2 is 0.930 bits per heavy atom. The van der Waals surface area contributed by atoms with Gasteiger partial charge in [-0.2, -0.15) is 0 Å². The average Bonchev–Trinajstić information content (AvgIpc) is 3.19. The van der Waals surface area contributed by atoms with E-state index in [1.807, 2.05) is 0 Å². The van der Waals surface area contributed by atoms with Crippen LogP contribution in [0, 0.1) is 0 Å². The molecule has 0 aromatic carbocycles. The highest BCUT2D eigenvalue weighted by atomic mass is 16.7. The summed E-state index contributed by atoms with van der Waals surface area (Å²) in [6.45, 7) is 3.80. The number of hydrogen-bond acceptors (Lipinski definition) is 10. The van der Waals surface area contributed by atoms with Crippen molar-refractivity contribution in [2.75, 3.05) is 13.2 Å². The van der Waals surface area contributed by atoms with Crippen molar-refractivity contribution >= 4 is 17.9 Å². The molecule has 6 unspecified atom stereocenters. The summed E-state index contributed by atoms with van der Waals surface area (Å²) in [5, 5.41) is 39.8. The number of carbonyl (C=O) groups excluding carboxylic acids is 2. The number of esters is 2. The van der Waals surface area contributed by atoms with Crippen LogP contribution >= 0.6 is 0 Å². The maximum atomic E-state index is 12.8. The van der Waals surface area contributed by atoms with Crippen LogP contribution in [-0.2, 0) is 33.3 Å². The maximum Gasteiger partial charge on any atom is 0.335 e. The van der Waals surface area contributed by atoms with Crippen LogP contribution in [0.15, 0.2) is 24.3 Å². The Morgan fingerprint density at radius 3 is 1.37 bits per heavy atom. The third-order valence-electron chi connectivity index (χ3n) is 10.5. The van der Waals surface area contributed by atoms with Gasteiger partial charge in [-0.3, -0.25) is 9.59 Å². The van der Waals surface area contributed by atoms with Crippen molar-refractivity contribution in [2.45, 2.75) is 237 Å². The van der Waals surface area contributed by atoms with E-state index in [0.717, 1.165) is 77.0 Å². The lowest BCUT2D eigenvalue weighted by molar-refractivity contribution is -0.298. The summed E-state index contributed by atoms with van der Waals surface area (Å²) < 4.78 is 21.7. The molecule has 1 rings (SSSR count). The molecule has 1 fully saturated rings. The Balaban J connectivity index is 2.37. The lowest BCUT2D eigenvalue weighted by Crippen LogP contribution is -2.60. The molecule has 11 nitrogen and oxygen atoms in total. The van der Waals surface area contributed by atoms with E-state index in [1.165, 1.54) is 83.5 Å². The molecule has 0 bridgehead atoms. The molecule has 332 valence electrons. The molecular formula is C46H82O11. The van der Waals surface area contributed by atoms with Gasteiger partial charge < -0.3 is 39.4 Å². The molecule has 57 heavy (non-hydrogen) atoms. The minimum Gasteiger partial charge on any atom is -0.479 e. The Kier molecular flexibility index (Phi) is 34.0. The normalized spacial score (nSPS) is 20.3. The van der Waals surface area contributed by atoms with Gasteiger partial charge in [-0.05, 0) is 64.2 Å². The van der Waals surface area contributed by atoms with E-state index in [4.69, 9.17) is 18.9 Å². The summed E-state index contributed by atoms with van der Waals surface area (Å²) in [6.07, 6.45) is 30.8. The van der Waals surface area contributed by atoms with E-state index in [-0.39, 0.29) is 19.4 Å². The summed E-state index contributed by atoms with van der Waals surface area (Å²) in [6, 6.07) is 0. The topological polar surface area (TPSA) is 169 Å². The quantitative estimate of drug-likeness (QED) is 0.0266. The highest BCUT2D eigenvalue weighted by molar-refractivity contribution is 5.73. The van der Waals surface area contributed by atoms with Crippen LogP contribution in [0.4, 0.5) is 0 Å². The first-order valence-corrected chi connectivity index (χ1v) is 22.9. The van der Waals surface area contributed by atoms with Gasteiger partial charge in [-0.25, -0.2) is 4.79 Å². The molecule has 0 amide bonds. The zero-order valence-corrected chi connectivity index (χ0v) is 35.8. The number of aliphatic hydroxyl groups is 3. The largest absolute Gasteiger partial charge is 0.479 e. The van der Waals surface area contributed by atoms with Crippen molar-refractivity contribution in [3.8, 4) is 0 Å². The van der Waals surface area contributed by atoms with E-state index >= 15 is 0 Å². The first kappa shape index (κ1) is 52.7. The molecule has 0 radical (unpaired) electrons. The smallest absolute Gasteiger partial charge is 0.335 e. The van der Waals surface area contributed by atoms with Gasteiger partial charge in [0.2, 0.25) is 0 Å². The van der Waals surface area contributed by atoms with Crippen LogP contribution < -0.4 is 0 Å². The van der Waals surface area contributed by atoms with Crippen LogP contribution in [0.3, 0.4) is 0 Å². The fourth-order valence-corrected chi connectivity index (χ4v) is 6.87. The predicted molar refractivity (Wildman–Crippen MR) is 225 cm³/mol. The summed E-state index contributed by atoms with van der Waals surface area (Å²) in [5.74, 6) is -2.46. The molecule has 0 aromatic heterocycles. The first-order valence-electron chi connectivity index (χ1n) is 22.9. The van der Waals surface area contributed by atoms with Crippen LogP contribution in [0.5, 0.6) is 0 Å². The van der Waals surface area contributed by atoms with Gasteiger partial charge in [0.15, 0.2) is 18.5 Å². The van der Waals surface area contributed by atoms with Gasteiger partial charge in [0.25, 0.3) is 0 Å². The van der Waals surface area contributed by atoms with E-state index < -0.39 is 61.3 Å². The second kappa shape index (κ2) is 36.7. The van der Waals surface area contributed by atoms with Crippen LogP contribution in [0.25, 0.3) is 0 Å². The SMILES string of the molecule is CCCCCCCC/C=C\CCCCCCCC(=O)OC(COC(=O)CCCCCCC/C=C\CCCCCCCCC)COC1OC(C(=O)O)C(O)C(O)C1O. The molecule has 4 N–H and O–H groups in total. The van der Waals surface area contributed by atoms with Gasteiger partial charge in [-0.1, -0.05) is 147 Å². The zero-order chi connectivity index (χ0) is 41.8. The number of ether oxygens (including phenoxy) is 4. The highest BCUT2D eigenvalue weighted by Gasteiger charge is 2.47. The Labute approximate surface area is 345 Å². The van der Waals surface area contributed by atoms with Crippen molar-refractivity contribution < 1.29 is 53.8 Å². The second-order valence-electron chi connectivity index (χ2n) is 15.9. The minimum atomic E-state index is -1.86. The number of carboxylic acids is 1. The van der Waals surface area contributed by atoms with E-state index in [9.17, 15) is 34.8 Å². The predicted octanol–water partition coefficient (Wildman–Crippen LogP) is 9.82. The van der Waals surface area contributed by atoms with Crippen molar-refractivity contribution in [3.63, 3.8) is 0 Å². The van der Waals surface area contributed by atoms with E-state index in [2.05, 4.69) is 38.2 Å². The number of aliphatic hydroxyl groups excluding tert-OH is 3. The standard InChI is InChI=1S/C46H82O11/c1-3-5-7-9-11-13-15-17-19-21-22-24-26-28-30-32-34-39(47)54-36-38(37-55-46-43(51)41(49)42(50)44(57-46)45(52)53)56-40(48)35-33-31-29-27-25-23-20-18-16-14-12-10-8-6-4-2/h18-21,38,41-44,46,49-51H,3-17,22-37H2,1-2H3,(H,52,53)/b20-18-,21-19-. The summed E-state index contributed by atoms with van der Waals surface area (Å²) in [5.41, 5.74) is 0. The van der Waals surface area contributed by atoms with Gasteiger partial charge >= 0.3 is 17.9 Å². The van der Waals surface area contributed by atoms with Crippen molar-refractivity contribution in [3.05, 3.63) is 24.3 Å². The number of unbranched alkanes of at least 4 members (excludes halogenated alkanes) is 23. The molecular weight excluding hydrogens is 728 g/mol. The molecule has 0 saturated carbocycles. The number of aliphatic carboxylic acids is 1. The Hall–Kier alpha value is -2.31. The van der Waals surface area contributed by atoms with Gasteiger partial charge in [-0.15, -0.1) is 0 Å². The Bertz CT molecular complexity index is 1050. The van der Waals surface area contributed by atoms with Gasteiger partial charge in [0.1, 0.15) is 24.9 Å².